The fraction of sp³-hybridized carbons (Fsp3) is 0.625. The lowest BCUT2D eigenvalue weighted by Crippen LogP contribution is -2.25. The lowest BCUT2D eigenvalue weighted by atomic mass is 10.1. The standard InChI is InChI=1S/C16H26N4/c1-4-5-6-7-8-13(2)17-10-15-11-18-16-9-14(3)19-20(16)12-15/h9,11-13,17H,4-8,10H2,1-3H3. The number of hydrogen-bond acceptors (Lipinski definition) is 3. The Hall–Kier alpha value is -1.42. The van der Waals surface area contributed by atoms with Crippen molar-refractivity contribution in [1.29, 1.82) is 0 Å². The van der Waals surface area contributed by atoms with E-state index in [1.807, 2.05) is 23.7 Å². The number of nitrogens with zero attached hydrogens (tertiary/aromatic N) is 3. The zero-order chi connectivity index (χ0) is 14.4. The van der Waals surface area contributed by atoms with Gasteiger partial charge in [-0.1, -0.05) is 32.6 Å². The van der Waals surface area contributed by atoms with E-state index >= 15 is 0 Å². The summed E-state index contributed by atoms with van der Waals surface area (Å²) in [6, 6.07) is 2.55. The molecule has 2 heterocycles. The molecule has 2 aromatic rings. The van der Waals surface area contributed by atoms with E-state index in [9.17, 15) is 0 Å². The molecule has 0 amide bonds. The summed E-state index contributed by atoms with van der Waals surface area (Å²) < 4.78 is 1.86. The molecule has 1 N–H and O–H groups in total. The third kappa shape index (κ3) is 4.30. The summed E-state index contributed by atoms with van der Waals surface area (Å²) in [4.78, 5) is 4.43. The van der Waals surface area contributed by atoms with Gasteiger partial charge in [0, 0.05) is 36.6 Å². The number of aryl methyl sites for hydroxylation is 1. The molecule has 0 spiro atoms. The minimum Gasteiger partial charge on any atom is -0.310 e. The highest BCUT2D eigenvalue weighted by Gasteiger charge is 2.04. The predicted molar refractivity (Wildman–Crippen MR) is 82.8 cm³/mol. The van der Waals surface area contributed by atoms with Crippen LogP contribution in [0.3, 0.4) is 0 Å². The van der Waals surface area contributed by atoms with Crippen LogP contribution in [0.25, 0.3) is 5.65 Å². The van der Waals surface area contributed by atoms with Crippen molar-refractivity contribution in [3.8, 4) is 0 Å². The molecular formula is C16H26N4. The zero-order valence-electron chi connectivity index (χ0n) is 12.9. The normalized spacial score (nSPS) is 12.9. The molecule has 0 aliphatic carbocycles. The number of unbranched alkanes of at least 4 members (excludes halogenated alkanes) is 3. The predicted octanol–water partition coefficient (Wildman–Crippen LogP) is 3.49. The van der Waals surface area contributed by atoms with Crippen molar-refractivity contribution in [2.24, 2.45) is 0 Å². The van der Waals surface area contributed by atoms with Crippen molar-refractivity contribution in [2.45, 2.75) is 65.5 Å². The molecule has 0 aliphatic rings. The Labute approximate surface area is 121 Å². The van der Waals surface area contributed by atoms with E-state index in [1.165, 1.54) is 37.7 Å². The molecular weight excluding hydrogens is 248 g/mol. The van der Waals surface area contributed by atoms with Crippen molar-refractivity contribution in [2.75, 3.05) is 0 Å². The van der Waals surface area contributed by atoms with Gasteiger partial charge in [0.1, 0.15) is 0 Å². The van der Waals surface area contributed by atoms with E-state index in [0.29, 0.717) is 6.04 Å². The summed E-state index contributed by atoms with van der Waals surface area (Å²) >= 11 is 0. The Morgan fingerprint density at radius 2 is 2.15 bits per heavy atom. The number of rotatable bonds is 8. The van der Waals surface area contributed by atoms with Gasteiger partial charge in [-0.2, -0.15) is 5.10 Å². The van der Waals surface area contributed by atoms with Crippen LogP contribution in [-0.4, -0.2) is 20.6 Å². The third-order valence-corrected chi connectivity index (χ3v) is 3.63. The van der Waals surface area contributed by atoms with Crippen LogP contribution in [0.1, 0.15) is 57.2 Å². The van der Waals surface area contributed by atoms with E-state index in [1.54, 1.807) is 0 Å². The minimum atomic E-state index is 0.557. The number of fused-ring (bicyclic) bond motifs is 1. The van der Waals surface area contributed by atoms with Gasteiger partial charge in [0.2, 0.25) is 0 Å². The maximum Gasteiger partial charge on any atom is 0.155 e. The van der Waals surface area contributed by atoms with Crippen molar-refractivity contribution in [1.82, 2.24) is 19.9 Å². The molecule has 0 aliphatic heterocycles. The molecule has 0 bridgehead atoms. The number of nitrogens with one attached hydrogen (secondary N) is 1. The molecule has 4 heteroatoms. The van der Waals surface area contributed by atoms with Gasteiger partial charge in [0.05, 0.1) is 5.69 Å². The van der Waals surface area contributed by atoms with Crippen LogP contribution in [-0.2, 0) is 6.54 Å². The second kappa shape index (κ2) is 7.39. The fourth-order valence-corrected chi connectivity index (χ4v) is 2.40. The molecule has 2 rings (SSSR count). The quantitative estimate of drug-likeness (QED) is 0.749. The van der Waals surface area contributed by atoms with E-state index in [0.717, 1.165) is 17.9 Å². The van der Waals surface area contributed by atoms with E-state index < -0.39 is 0 Å². The molecule has 2 aromatic heterocycles. The molecule has 20 heavy (non-hydrogen) atoms. The van der Waals surface area contributed by atoms with Crippen molar-refractivity contribution in [3.63, 3.8) is 0 Å². The van der Waals surface area contributed by atoms with Crippen molar-refractivity contribution < 1.29 is 0 Å². The molecule has 110 valence electrons. The zero-order valence-corrected chi connectivity index (χ0v) is 12.9. The Morgan fingerprint density at radius 1 is 1.30 bits per heavy atom. The Balaban J connectivity index is 1.79. The molecule has 1 unspecified atom stereocenters. The van der Waals surface area contributed by atoms with Gasteiger partial charge in [-0.25, -0.2) is 9.50 Å². The van der Waals surface area contributed by atoms with Crippen LogP contribution in [0.5, 0.6) is 0 Å². The van der Waals surface area contributed by atoms with Crippen LogP contribution in [0.2, 0.25) is 0 Å². The molecule has 4 nitrogen and oxygen atoms in total. The van der Waals surface area contributed by atoms with Crippen LogP contribution >= 0.6 is 0 Å². The SMILES string of the molecule is CCCCCCC(C)NCc1cnc2cc(C)nn2c1. The van der Waals surface area contributed by atoms with Gasteiger partial charge < -0.3 is 5.32 Å². The maximum atomic E-state index is 4.43. The second-order valence-corrected chi connectivity index (χ2v) is 5.68. The lowest BCUT2D eigenvalue weighted by molar-refractivity contribution is 0.481. The van der Waals surface area contributed by atoms with Crippen LogP contribution in [0.4, 0.5) is 0 Å². The van der Waals surface area contributed by atoms with Gasteiger partial charge >= 0.3 is 0 Å². The lowest BCUT2D eigenvalue weighted by Gasteiger charge is -2.13. The molecule has 0 radical (unpaired) electrons. The first kappa shape index (κ1) is 15.0. The second-order valence-electron chi connectivity index (χ2n) is 5.68. The van der Waals surface area contributed by atoms with Crippen LogP contribution in [0.15, 0.2) is 18.5 Å². The Morgan fingerprint density at radius 3 is 2.95 bits per heavy atom. The number of hydrogen-bond donors (Lipinski definition) is 1. The summed E-state index contributed by atoms with van der Waals surface area (Å²) in [5.41, 5.74) is 3.10. The molecule has 0 saturated heterocycles. The highest BCUT2D eigenvalue weighted by molar-refractivity contribution is 5.38. The average Bonchev–Trinajstić information content (AvgIpc) is 2.80. The summed E-state index contributed by atoms with van der Waals surface area (Å²) in [6.07, 6.45) is 10.6. The van der Waals surface area contributed by atoms with Crippen molar-refractivity contribution >= 4 is 5.65 Å². The molecule has 0 aromatic carbocycles. The fourth-order valence-electron chi connectivity index (χ4n) is 2.40. The van der Waals surface area contributed by atoms with Crippen LogP contribution < -0.4 is 5.32 Å². The van der Waals surface area contributed by atoms with E-state index in [-0.39, 0.29) is 0 Å². The summed E-state index contributed by atoms with van der Waals surface area (Å²) in [6.45, 7) is 7.36. The molecule has 0 saturated carbocycles. The Kier molecular flexibility index (Phi) is 5.53. The average molecular weight is 274 g/mol. The summed E-state index contributed by atoms with van der Waals surface area (Å²) in [7, 11) is 0. The van der Waals surface area contributed by atoms with Crippen LogP contribution in [0, 0.1) is 6.92 Å². The van der Waals surface area contributed by atoms with E-state index in [4.69, 9.17) is 0 Å². The maximum absolute atomic E-state index is 4.43. The van der Waals surface area contributed by atoms with Gasteiger partial charge in [-0.3, -0.25) is 0 Å². The minimum absolute atomic E-state index is 0.557. The highest BCUT2D eigenvalue weighted by Crippen LogP contribution is 2.07. The molecule has 1 atom stereocenters. The van der Waals surface area contributed by atoms with E-state index in [2.05, 4.69) is 35.4 Å². The van der Waals surface area contributed by atoms with Gasteiger partial charge in [-0.05, 0) is 20.3 Å². The first-order valence-corrected chi connectivity index (χ1v) is 7.73. The third-order valence-electron chi connectivity index (χ3n) is 3.63. The largest absolute Gasteiger partial charge is 0.310 e. The van der Waals surface area contributed by atoms with Gasteiger partial charge in [0.15, 0.2) is 5.65 Å². The smallest absolute Gasteiger partial charge is 0.155 e. The Bertz CT molecular complexity index is 532. The van der Waals surface area contributed by atoms with Crippen molar-refractivity contribution in [3.05, 3.63) is 29.7 Å². The summed E-state index contributed by atoms with van der Waals surface area (Å²) in [5, 5.41) is 7.96. The van der Waals surface area contributed by atoms with Gasteiger partial charge in [-0.15, -0.1) is 0 Å². The topological polar surface area (TPSA) is 42.2 Å². The monoisotopic (exact) mass is 274 g/mol. The molecule has 0 fully saturated rings. The highest BCUT2D eigenvalue weighted by atomic mass is 15.2. The first-order chi connectivity index (χ1) is 9.69. The summed E-state index contributed by atoms with van der Waals surface area (Å²) in [5.74, 6) is 0. The van der Waals surface area contributed by atoms with Gasteiger partial charge in [0.25, 0.3) is 0 Å². The first-order valence-electron chi connectivity index (χ1n) is 7.73. The number of aromatic nitrogens is 3.